The van der Waals surface area contributed by atoms with Gasteiger partial charge in [0.05, 0.1) is 24.1 Å². The second-order valence-corrected chi connectivity index (χ2v) is 11.4. The topological polar surface area (TPSA) is 73.7 Å². The van der Waals surface area contributed by atoms with E-state index in [0.29, 0.717) is 19.0 Å². The monoisotopic (exact) mass is 492 g/mol. The van der Waals surface area contributed by atoms with Crippen LogP contribution in [-0.4, -0.2) is 75.5 Å². The third kappa shape index (κ3) is 4.63. The number of aryl methyl sites for hydroxylation is 1. The largest absolute Gasteiger partial charge is 0.349 e. The van der Waals surface area contributed by atoms with Crippen LogP contribution in [0.1, 0.15) is 56.2 Å². The molecule has 3 fully saturated rings. The number of nitrogens with zero attached hydrogens (tertiary/aromatic N) is 5. The van der Waals surface area contributed by atoms with E-state index in [1.54, 1.807) is 11.2 Å². The summed E-state index contributed by atoms with van der Waals surface area (Å²) in [5.41, 5.74) is 1.95. The van der Waals surface area contributed by atoms with Crippen LogP contribution in [0.2, 0.25) is 0 Å². The highest BCUT2D eigenvalue weighted by Gasteiger charge is 2.55. The van der Waals surface area contributed by atoms with Gasteiger partial charge >= 0.3 is 6.03 Å². The Labute approximate surface area is 214 Å². The second kappa shape index (κ2) is 9.88. The van der Waals surface area contributed by atoms with Crippen LogP contribution in [0.15, 0.2) is 42.9 Å². The van der Waals surface area contributed by atoms with Crippen molar-refractivity contribution in [2.24, 2.45) is 13.0 Å². The predicted molar refractivity (Wildman–Crippen MR) is 139 cm³/mol. The average Bonchev–Trinajstić information content (AvgIpc) is 3.37. The summed E-state index contributed by atoms with van der Waals surface area (Å²) in [4.78, 5) is 37.1. The van der Waals surface area contributed by atoms with Gasteiger partial charge in [0.1, 0.15) is 6.54 Å². The summed E-state index contributed by atoms with van der Waals surface area (Å²) in [6, 6.07) is 10.8. The Kier molecular flexibility index (Phi) is 6.81. The third-order valence-electron chi connectivity index (χ3n) is 8.96. The van der Waals surface area contributed by atoms with E-state index < -0.39 is 0 Å². The highest BCUT2D eigenvalue weighted by Crippen LogP contribution is 2.49. The first-order valence-electron chi connectivity index (χ1n) is 13.3. The van der Waals surface area contributed by atoms with Crippen molar-refractivity contribution in [3.8, 4) is 0 Å². The maximum absolute atomic E-state index is 13.7. The average molecular weight is 493 g/mol. The number of benzene rings is 1. The minimum absolute atomic E-state index is 0.0226. The van der Waals surface area contributed by atoms with Crippen molar-refractivity contribution >= 4 is 11.9 Å². The lowest BCUT2D eigenvalue weighted by atomic mass is 9.68. The molecule has 1 spiro atoms. The lowest BCUT2D eigenvalue weighted by molar-refractivity contribution is -0.121. The summed E-state index contributed by atoms with van der Waals surface area (Å²) in [7, 11) is 6.26. The lowest BCUT2D eigenvalue weighted by Gasteiger charge is -2.51. The molecule has 0 bridgehead atoms. The highest BCUT2D eigenvalue weighted by atomic mass is 16.2. The molecule has 2 aliphatic carbocycles. The Bertz CT molecular complexity index is 1070. The fourth-order valence-electron chi connectivity index (χ4n) is 6.49. The minimum atomic E-state index is -0.192. The Balaban J connectivity index is 1.30. The molecule has 1 aromatic carbocycles. The zero-order valence-corrected chi connectivity index (χ0v) is 21.9. The van der Waals surface area contributed by atoms with Crippen LogP contribution in [-0.2, 0) is 23.9 Å². The molecule has 1 N–H and O–H groups in total. The molecule has 5 rings (SSSR count). The van der Waals surface area contributed by atoms with Gasteiger partial charge in [0.2, 0.25) is 5.91 Å². The summed E-state index contributed by atoms with van der Waals surface area (Å²) < 4.78 is 1.86. The van der Waals surface area contributed by atoms with E-state index in [2.05, 4.69) is 64.5 Å². The van der Waals surface area contributed by atoms with E-state index in [1.165, 1.54) is 24.8 Å². The van der Waals surface area contributed by atoms with Crippen LogP contribution in [0.4, 0.5) is 4.79 Å². The first kappa shape index (κ1) is 24.8. The predicted octanol–water partition coefficient (Wildman–Crippen LogP) is 3.34. The van der Waals surface area contributed by atoms with Gasteiger partial charge in [0, 0.05) is 31.9 Å². The van der Waals surface area contributed by atoms with E-state index in [-0.39, 0.29) is 29.6 Å². The van der Waals surface area contributed by atoms with Crippen LogP contribution >= 0.6 is 0 Å². The van der Waals surface area contributed by atoms with E-state index in [9.17, 15) is 9.59 Å². The Morgan fingerprint density at radius 3 is 2.44 bits per heavy atom. The van der Waals surface area contributed by atoms with Gasteiger partial charge in [-0.2, -0.15) is 0 Å². The van der Waals surface area contributed by atoms with E-state index >= 15 is 0 Å². The van der Waals surface area contributed by atoms with Gasteiger partial charge in [0.25, 0.3) is 0 Å². The summed E-state index contributed by atoms with van der Waals surface area (Å²) in [6.45, 7) is 1.94. The number of nitrogens with one attached hydrogen (secondary N) is 1. The number of hydrogen-bond donors (Lipinski definition) is 1. The summed E-state index contributed by atoms with van der Waals surface area (Å²) in [5, 5.41) is 2.94. The molecule has 3 amide bonds. The molecule has 3 aliphatic rings. The molecular formula is C28H40N6O2. The van der Waals surface area contributed by atoms with Crippen molar-refractivity contribution in [3.63, 3.8) is 0 Å². The molecule has 1 aromatic heterocycles. The summed E-state index contributed by atoms with van der Waals surface area (Å²) >= 11 is 0. The van der Waals surface area contributed by atoms with Gasteiger partial charge in [-0.3, -0.25) is 9.69 Å². The number of urea groups is 1. The van der Waals surface area contributed by atoms with Crippen LogP contribution < -0.4 is 5.32 Å². The highest BCUT2D eigenvalue weighted by molar-refractivity contribution is 5.86. The first-order valence-corrected chi connectivity index (χ1v) is 13.3. The maximum Gasteiger partial charge on any atom is 0.321 e. The van der Waals surface area contributed by atoms with Crippen molar-refractivity contribution in [1.29, 1.82) is 0 Å². The van der Waals surface area contributed by atoms with E-state index in [0.717, 1.165) is 37.9 Å². The molecule has 8 nitrogen and oxygen atoms in total. The minimum Gasteiger partial charge on any atom is -0.349 e. The number of amides is 3. The van der Waals surface area contributed by atoms with E-state index in [4.69, 9.17) is 0 Å². The Hall–Kier alpha value is -2.87. The molecule has 0 atom stereocenters. The standard InChI is InChI=1S/C28H40N6O2/c1-31(2)28(23-10-5-4-6-11-23)14-12-27(13-15-28)20-33(26(36)34(27)17-22-8-7-9-22)19-25(35)29-16-24-18-32(3)21-30-24/h4-6,10-11,18,21-22H,7-9,12-17,19-20H2,1-3H3,(H,29,35)/t27-,28-. The summed E-state index contributed by atoms with van der Waals surface area (Å²) in [5.74, 6) is 0.468. The van der Waals surface area contributed by atoms with Crippen LogP contribution in [0.3, 0.4) is 0 Å². The maximum atomic E-state index is 13.7. The third-order valence-corrected chi connectivity index (χ3v) is 8.96. The quantitative estimate of drug-likeness (QED) is 0.613. The molecule has 2 saturated carbocycles. The SMILES string of the molecule is Cn1cnc(CNC(=O)CN2C[C@]3(CC[C@@](c4ccccc4)(N(C)C)CC3)N(CC3CCC3)C2=O)c1. The van der Waals surface area contributed by atoms with E-state index in [1.807, 2.05) is 17.8 Å². The molecule has 8 heteroatoms. The first-order chi connectivity index (χ1) is 17.3. The molecular weight excluding hydrogens is 452 g/mol. The zero-order chi connectivity index (χ0) is 25.3. The molecule has 2 aromatic rings. The number of rotatable bonds is 8. The number of carbonyl (C=O) groups excluding carboxylic acids is 2. The molecule has 194 valence electrons. The molecule has 0 unspecified atom stereocenters. The van der Waals surface area contributed by atoms with Crippen LogP contribution in [0.25, 0.3) is 0 Å². The lowest BCUT2D eigenvalue weighted by Crippen LogP contribution is -2.56. The van der Waals surface area contributed by atoms with Crippen molar-refractivity contribution in [2.45, 2.75) is 62.6 Å². The smallest absolute Gasteiger partial charge is 0.321 e. The van der Waals surface area contributed by atoms with Crippen LogP contribution in [0.5, 0.6) is 0 Å². The number of imidazole rings is 1. The zero-order valence-electron chi connectivity index (χ0n) is 21.9. The molecule has 36 heavy (non-hydrogen) atoms. The fourth-order valence-corrected chi connectivity index (χ4v) is 6.49. The number of hydrogen-bond acceptors (Lipinski definition) is 4. The van der Waals surface area contributed by atoms with Gasteiger partial charge in [-0.1, -0.05) is 36.8 Å². The normalized spacial score (nSPS) is 26.6. The Morgan fingerprint density at radius 1 is 1.14 bits per heavy atom. The van der Waals surface area contributed by atoms with Crippen LogP contribution in [0, 0.1) is 5.92 Å². The van der Waals surface area contributed by atoms with Gasteiger partial charge in [0.15, 0.2) is 0 Å². The number of aromatic nitrogens is 2. The van der Waals surface area contributed by atoms with Gasteiger partial charge in [-0.05, 0) is 64.1 Å². The van der Waals surface area contributed by atoms with Crippen molar-refractivity contribution in [3.05, 3.63) is 54.1 Å². The van der Waals surface area contributed by atoms with Crippen molar-refractivity contribution in [2.75, 3.05) is 33.7 Å². The Morgan fingerprint density at radius 2 is 1.86 bits per heavy atom. The number of carbonyl (C=O) groups is 2. The molecule has 1 aliphatic heterocycles. The van der Waals surface area contributed by atoms with Gasteiger partial charge in [-0.15, -0.1) is 0 Å². The molecule has 1 saturated heterocycles. The fraction of sp³-hybridized carbons (Fsp3) is 0.607. The van der Waals surface area contributed by atoms with Crippen molar-refractivity contribution < 1.29 is 9.59 Å². The van der Waals surface area contributed by atoms with Crippen molar-refractivity contribution in [1.82, 2.24) is 29.6 Å². The molecule has 0 radical (unpaired) electrons. The van der Waals surface area contributed by atoms with Gasteiger partial charge in [-0.25, -0.2) is 9.78 Å². The van der Waals surface area contributed by atoms with Gasteiger partial charge < -0.3 is 19.7 Å². The molecule has 2 heterocycles. The second-order valence-electron chi connectivity index (χ2n) is 11.4. The summed E-state index contributed by atoms with van der Waals surface area (Å²) in [6.07, 6.45) is 11.2.